The highest BCUT2D eigenvalue weighted by molar-refractivity contribution is 6.30. The van der Waals surface area contributed by atoms with E-state index in [-0.39, 0.29) is 12.4 Å². The number of benzene rings is 2. The minimum Gasteiger partial charge on any atom is -0.480 e. The van der Waals surface area contributed by atoms with Crippen LogP contribution in [0.3, 0.4) is 0 Å². The van der Waals surface area contributed by atoms with Crippen molar-refractivity contribution in [1.29, 1.82) is 0 Å². The summed E-state index contributed by atoms with van der Waals surface area (Å²) in [7, 11) is 0. The molecular weight excluding hydrogens is 281 g/mol. The molecule has 0 unspecified atom stereocenters. The van der Waals surface area contributed by atoms with Crippen LogP contribution >= 0.6 is 11.6 Å². The molecule has 5 heteroatoms. The number of hydrogen-bond donors (Lipinski definition) is 1. The van der Waals surface area contributed by atoms with Crippen LogP contribution in [0, 0.1) is 5.82 Å². The second-order valence-electron chi connectivity index (χ2n) is 4.35. The van der Waals surface area contributed by atoms with E-state index in [0.29, 0.717) is 11.6 Å². The molecule has 2 rings (SSSR count). The van der Waals surface area contributed by atoms with Gasteiger partial charge in [0.1, 0.15) is 12.4 Å². The molecule has 104 valence electrons. The van der Waals surface area contributed by atoms with Gasteiger partial charge in [-0.1, -0.05) is 23.7 Å². The maximum atomic E-state index is 12.9. The van der Waals surface area contributed by atoms with Crippen LogP contribution in [0.4, 0.5) is 10.1 Å². The number of rotatable bonds is 5. The molecule has 0 fully saturated rings. The van der Waals surface area contributed by atoms with Crippen molar-refractivity contribution in [1.82, 2.24) is 0 Å². The van der Waals surface area contributed by atoms with Gasteiger partial charge >= 0.3 is 5.97 Å². The first-order valence-corrected chi connectivity index (χ1v) is 6.39. The quantitative estimate of drug-likeness (QED) is 0.916. The lowest BCUT2D eigenvalue weighted by molar-refractivity contribution is -0.135. The summed E-state index contributed by atoms with van der Waals surface area (Å²) in [6, 6.07) is 12.9. The van der Waals surface area contributed by atoms with Crippen molar-refractivity contribution in [2.75, 3.05) is 11.4 Å². The largest absolute Gasteiger partial charge is 0.480 e. The number of halogens is 2. The van der Waals surface area contributed by atoms with Crippen molar-refractivity contribution < 1.29 is 14.3 Å². The Bertz CT molecular complexity index is 584. The fraction of sp³-hybridized carbons (Fsp3) is 0.133. The lowest BCUT2D eigenvalue weighted by Gasteiger charge is -2.23. The second kappa shape index (κ2) is 6.39. The SMILES string of the molecule is O=C(O)CN(Cc1ccc(F)cc1)c1ccc(Cl)cc1. The zero-order valence-electron chi connectivity index (χ0n) is 10.6. The molecule has 0 aliphatic heterocycles. The van der Waals surface area contributed by atoms with Crippen molar-refractivity contribution in [3.63, 3.8) is 0 Å². The van der Waals surface area contributed by atoms with Crippen LogP contribution in [0.25, 0.3) is 0 Å². The average Bonchev–Trinajstić information content (AvgIpc) is 2.41. The zero-order valence-corrected chi connectivity index (χ0v) is 11.3. The minimum absolute atomic E-state index is 0.140. The number of hydrogen-bond acceptors (Lipinski definition) is 2. The summed E-state index contributed by atoms with van der Waals surface area (Å²) in [4.78, 5) is 12.7. The van der Waals surface area contributed by atoms with Crippen molar-refractivity contribution in [2.24, 2.45) is 0 Å². The third kappa shape index (κ3) is 3.96. The molecule has 1 N–H and O–H groups in total. The molecule has 0 aliphatic carbocycles. The summed E-state index contributed by atoms with van der Waals surface area (Å²) < 4.78 is 12.9. The molecular formula is C15H13ClFNO2. The Morgan fingerprint density at radius 1 is 1.10 bits per heavy atom. The normalized spacial score (nSPS) is 10.3. The third-order valence-corrected chi connectivity index (χ3v) is 3.06. The van der Waals surface area contributed by atoms with E-state index in [0.717, 1.165) is 11.3 Å². The van der Waals surface area contributed by atoms with Crippen LogP contribution in [0.1, 0.15) is 5.56 Å². The molecule has 0 amide bonds. The maximum absolute atomic E-state index is 12.9. The monoisotopic (exact) mass is 293 g/mol. The molecule has 0 aromatic heterocycles. The minimum atomic E-state index is -0.929. The Morgan fingerprint density at radius 3 is 2.25 bits per heavy atom. The van der Waals surface area contributed by atoms with Gasteiger partial charge in [0.05, 0.1) is 0 Å². The van der Waals surface area contributed by atoms with Crippen LogP contribution in [-0.4, -0.2) is 17.6 Å². The predicted molar refractivity (Wildman–Crippen MR) is 76.5 cm³/mol. The molecule has 0 aliphatic rings. The van der Waals surface area contributed by atoms with Gasteiger partial charge in [0, 0.05) is 17.3 Å². The highest BCUT2D eigenvalue weighted by atomic mass is 35.5. The highest BCUT2D eigenvalue weighted by Gasteiger charge is 2.11. The van der Waals surface area contributed by atoms with Crippen molar-refractivity contribution >= 4 is 23.3 Å². The molecule has 0 heterocycles. The fourth-order valence-corrected chi connectivity index (χ4v) is 1.99. The van der Waals surface area contributed by atoms with Gasteiger partial charge in [0.2, 0.25) is 0 Å². The first-order valence-electron chi connectivity index (χ1n) is 6.01. The van der Waals surface area contributed by atoms with Crippen molar-refractivity contribution in [3.8, 4) is 0 Å². The Hall–Kier alpha value is -2.07. The smallest absolute Gasteiger partial charge is 0.323 e. The van der Waals surface area contributed by atoms with Gasteiger partial charge < -0.3 is 10.0 Å². The lowest BCUT2D eigenvalue weighted by Crippen LogP contribution is -2.29. The van der Waals surface area contributed by atoms with Crippen molar-refractivity contribution in [3.05, 3.63) is 64.9 Å². The summed E-state index contributed by atoms with van der Waals surface area (Å²) in [5.74, 6) is -1.24. The van der Waals surface area contributed by atoms with E-state index in [2.05, 4.69) is 0 Å². The van der Waals surface area contributed by atoms with Crippen molar-refractivity contribution in [2.45, 2.75) is 6.54 Å². The van der Waals surface area contributed by atoms with Gasteiger partial charge in [0.15, 0.2) is 0 Å². The number of aliphatic carboxylic acids is 1. The second-order valence-corrected chi connectivity index (χ2v) is 4.79. The van der Waals surface area contributed by atoms with E-state index in [9.17, 15) is 9.18 Å². The first-order chi connectivity index (χ1) is 9.54. The standard InChI is InChI=1S/C15H13ClFNO2/c16-12-3-7-14(8-4-12)18(10-15(19)20)9-11-1-5-13(17)6-2-11/h1-8H,9-10H2,(H,19,20). The summed E-state index contributed by atoms with van der Waals surface area (Å²) >= 11 is 5.82. The van der Waals surface area contributed by atoms with E-state index < -0.39 is 5.97 Å². The van der Waals surface area contributed by atoms with Gasteiger partial charge in [-0.3, -0.25) is 4.79 Å². The van der Waals surface area contributed by atoms with E-state index in [1.54, 1.807) is 41.3 Å². The number of carboxylic acids is 1. The van der Waals surface area contributed by atoms with Crippen LogP contribution < -0.4 is 4.90 Å². The molecule has 2 aromatic rings. The number of carboxylic acid groups (broad SMARTS) is 1. The Labute approximate surface area is 121 Å². The fourth-order valence-electron chi connectivity index (χ4n) is 1.86. The van der Waals surface area contributed by atoms with Gasteiger partial charge in [-0.2, -0.15) is 0 Å². The molecule has 20 heavy (non-hydrogen) atoms. The molecule has 0 bridgehead atoms. The highest BCUT2D eigenvalue weighted by Crippen LogP contribution is 2.20. The van der Waals surface area contributed by atoms with E-state index >= 15 is 0 Å². The van der Waals surface area contributed by atoms with Crippen LogP contribution in [0.15, 0.2) is 48.5 Å². The van der Waals surface area contributed by atoms with E-state index in [1.165, 1.54) is 12.1 Å². The molecule has 0 radical (unpaired) electrons. The Kier molecular flexibility index (Phi) is 4.58. The van der Waals surface area contributed by atoms with E-state index in [1.807, 2.05) is 0 Å². The summed E-state index contributed by atoms with van der Waals surface area (Å²) in [6.45, 7) is 0.243. The topological polar surface area (TPSA) is 40.5 Å². The zero-order chi connectivity index (χ0) is 14.5. The lowest BCUT2D eigenvalue weighted by atomic mass is 10.2. The molecule has 0 saturated heterocycles. The third-order valence-electron chi connectivity index (χ3n) is 2.80. The van der Waals surface area contributed by atoms with Crippen LogP contribution in [0.2, 0.25) is 5.02 Å². The first kappa shape index (κ1) is 14.3. The maximum Gasteiger partial charge on any atom is 0.323 e. The molecule has 0 spiro atoms. The van der Waals surface area contributed by atoms with Gasteiger partial charge in [-0.15, -0.1) is 0 Å². The predicted octanol–water partition coefficient (Wildman–Crippen LogP) is 3.57. The Morgan fingerprint density at radius 2 is 1.70 bits per heavy atom. The average molecular weight is 294 g/mol. The molecule has 3 nitrogen and oxygen atoms in total. The molecule has 2 aromatic carbocycles. The van der Waals surface area contributed by atoms with Crippen LogP contribution in [-0.2, 0) is 11.3 Å². The number of carbonyl (C=O) groups is 1. The summed E-state index contributed by atoms with van der Waals surface area (Å²) in [5, 5.41) is 9.58. The van der Waals surface area contributed by atoms with Crippen LogP contribution in [0.5, 0.6) is 0 Å². The summed E-state index contributed by atoms with van der Waals surface area (Å²) in [6.07, 6.45) is 0. The number of nitrogens with zero attached hydrogens (tertiary/aromatic N) is 1. The van der Waals surface area contributed by atoms with Gasteiger partial charge in [-0.05, 0) is 42.0 Å². The number of anilines is 1. The molecule has 0 atom stereocenters. The van der Waals surface area contributed by atoms with E-state index in [4.69, 9.17) is 16.7 Å². The van der Waals surface area contributed by atoms with Gasteiger partial charge in [-0.25, -0.2) is 4.39 Å². The Balaban J connectivity index is 2.21. The summed E-state index contributed by atoms with van der Waals surface area (Å²) in [5.41, 5.74) is 1.59. The molecule has 0 saturated carbocycles. The van der Waals surface area contributed by atoms with Gasteiger partial charge in [0.25, 0.3) is 0 Å².